The van der Waals surface area contributed by atoms with E-state index in [1.54, 1.807) is 12.1 Å². The fourth-order valence-corrected chi connectivity index (χ4v) is 1.94. The molecule has 6 heteroatoms. The van der Waals surface area contributed by atoms with Crippen molar-refractivity contribution in [2.45, 2.75) is 6.04 Å². The molecule has 1 unspecified atom stereocenters. The normalized spacial score (nSPS) is 11.9. The highest BCUT2D eigenvalue weighted by Crippen LogP contribution is 2.11. The predicted octanol–water partition coefficient (Wildman–Crippen LogP) is 1.44. The zero-order chi connectivity index (χ0) is 13.4. The first-order chi connectivity index (χ1) is 8.63. The molecule has 2 N–H and O–H groups in total. The van der Waals surface area contributed by atoms with Crippen LogP contribution in [-0.2, 0) is 9.53 Å². The summed E-state index contributed by atoms with van der Waals surface area (Å²) in [7, 11) is 1.31. The smallest absolute Gasteiger partial charge is 0.323 e. The molecule has 100 valence electrons. The Morgan fingerprint density at radius 3 is 2.72 bits per heavy atom. The van der Waals surface area contributed by atoms with Gasteiger partial charge in [-0.1, -0.05) is 0 Å². The Hall–Kier alpha value is -1.27. The molecule has 0 heterocycles. The molecule has 0 amide bonds. The van der Waals surface area contributed by atoms with E-state index in [4.69, 9.17) is 10.5 Å². The third kappa shape index (κ3) is 5.37. The molecule has 0 aliphatic heterocycles. The Morgan fingerprint density at radius 1 is 1.44 bits per heavy atom. The maximum atomic E-state index is 12.6. The van der Waals surface area contributed by atoms with Gasteiger partial charge in [-0.25, -0.2) is 4.39 Å². The number of nitrogens with two attached hydrogens (primary N) is 1. The summed E-state index contributed by atoms with van der Waals surface area (Å²) in [6.07, 6.45) is 0. The lowest BCUT2D eigenvalue weighted by Gasteiger charge is -2.09. The number of ether oxygens (including phenoxy) is 2. The molecule has 0 bridgehead atoms. The van der Waals surface area contributed by atoms with Gasteiger partial charge in [-0.05, 0) is 24.3 Å². The van der Waals surface area contributed by atoms with Gasteiger partial charge in [0.05, 0.1) is 13.7 Å². The number of hydrogen-bond donors (Lipinski definition) is 1. The van der Waals surface area contributed by atoms with Gasteiger partial charge in [0.25, 0.3) is 0 Å². The Morgan fingerprint density at radius 2 is 2.11 bits per heavy atom. The largest absolute Gasteiger partial charge is 0.493 e. The summed E-state index contributed by atoms with van der Waals surface area (Å²) >= 11 is 1.50. The highest BCUT2D eigenvalue weighted by Gasteiger charge is 2.12. The van der Waals surface area contributed by atoms with Gasteiger partial charge in [0.1, 0.15) is 17.6 Å². The van der Waals surface area contributed by atoms with Crippen molar-refractivity contribution in [2.75, 3.05) is 25.2 Å². The van der Waals surface area contributed by atoms with Crippen molar-refractivity contribution >= 4 is 17.7 Å². The first-order valence-corrected chi connectivity index (χ1v) is 6.58. The summed E-state index contributed by atoms with van der Waals surface area (Å²) in [6.45, 7) is 0.476. The number of carbonyl (C=O) groups is 1. The van der Waals surface area contributed by atoms with E-state index in [9.17, 15) is 9.18 Å². The van der Waals surface area contributed by atoms with E-state index in [1.165, 1.54) is 31.0 Å². The summed E-state index contributed by atoms with van der Waals surface area (Å²) in [5.41, 5.74) is 5.56. The second kappa shape index (κ2) is 7.94. The van der Waals surface area contributed by atoms with E-state index in [0.29, 0.717) is 23.9 Å². The number of methoxy groups -OCH3 is 1. The second-order valence-electron chi connectivity index (χ2n) is 3.51. The van der Waals surface area contributed by atoms with Crippen LogP contribution >= 0.6 is 11.8 Å². The summed E-state index contributed by atoms with van der Waals surface area (Å²) in [5.74, 6) is 1.10. The van der Waals surface area contributed by atoms with Crippen LogP contribution in [0.2, 0.25) is 0 Å². The van der Waals surface area contributed by atoms with E-state index >= 15 is 0 Å². The molecule has 0 aromatic heterocycles. The minimum Gasteiger partial charge on any atom is -0.493 e. The zero-order valence-electron chi connectivity index (χ0n) is 10.1. The van der Waals surface area contributed by atoms with Crippen LogP contribution in [0.25, 0.3) is 0 Å². The molecule has 0 aliphatic carbocycles. The third-order valence-corrected chi connectivity index (χ3v) is 3.16. The number of halogens is 1. The van der Waals surface area contributed by atoms with Gasteiger partial charge in [0.2, 0.25) is 0 Å². The first-order valence-electron chi connectivity index (χ1n) is 5.43. The minimum atomic E-state index is -0.606. The zero-order valence-corrected chi connectivity index (χ0v) is 10.9. The Bertz CT molecular complexity index is 372. The van der Waals surface area contributed by atoms with Gasteiger partial charge >= 0.3 is 5.97 Å². The molecular formula is C12H16FNO3S. The van der Waals surface area contributed by atoms with Gasteiger partial charge in [-0.15, -0.1) is 0 Å². The van der Waals surface area contributed by atoms with E-state index in [0.717, 1.165) is 0 Å². The topological polar surface area (TPSA) is 61.5 Å². The SMILES string of the molecule is COC(=O)C(N)CSCCOc1ccc(F)cc1. The number of hydrogen-bond acceptors (Lipinski definition) is 5. The van der Waals surface area contributed by atoms with Crippen LogP contribution in [-0.4, -0.2) is 37.2 Å². The molecule has 18 heavy (non-hydrogen) atoms. The van der Waals surface area contributed by atoms with Gasteiger partial charge in [0.15, 0.2) is 0 Å². The molecular weight excluding hydrogens is 257 g/mol. The van der Waals surface area contributed by atoms with Gasteiger partial charge in [-0.2, -0.15) is 11.8 Å². The van der Waals surface area contributed by atoms with Gasteiger partial charge < -0.3 is 15.2 Å². The molecule has 1 aromatic rings. The van der Waals surface area contributed by atoms with Crippen molar-refractivity contribution in [2.24, 2.45) is 5.73 Å². The highest BCUT2D eigenvalue weighted by atomic mass is 32.2. The average molecular weight is 273 g/mol. The number of benzene rings is 1. The molecule has 1 rings (SSSR count). The predicted molar refractivity (Wildman–Crippen MR) is 69.2 cm³/mol. The van der Waals surface area contributed by atoms with Crippen molar-refractivity contribution in [1.29, 1.82) is 0 Å². The lowest BCUT2D eigenvalue weighted by Crippen LogP contribution is -2.34. The van der Waals surface area contributed by atoms with Crippen molar-refractivity contribution in [1.82, 2.24) is 0 Å². The van der Waals surface area contributed by atoms with Crippen LogP contribution in [0.4, 0.5) is 4.39 Å². The molecule has 0 saturated carbocycles. The van der Waals surface area contributed by atoms with Gasteiger partial charge in [-0.3, -0.25) is 4.79 Å². The summed E-state index contributed by atoms with van der Waals surface area (Å²) in [6, 6.07) is 5.22. The highest BCUT2D eigenvalue weighted by molar-refractivity contribution is 7.99. The molecule has 0 saturated heterocycles. The van der Waals surface area contributed by atoms with Crippen LogP contribution in [0.5, 0.6) is 5.75 Å². The molecule has 1 atom stereocenters. The van der Waals surface area contributed by atoms with Crippen molar-refractivity contribution in [3.05, 3.63) is 30.1 Å². The summed E-state index contributed by atoms with van der Waals surface area (Å²) in [5, 5.41) is 0. The maximum absolute atomic E-state index is 12.6. The van der Waals surface area contributed by atoms with Crippen molar-refractivity contribution in [3.8, 4) is 5.75 Å². The number of carbonyl (C=O) groups excluding carboxylic acids is 1. The third-order valence-electron chi connectivity index (χ3n) is 2.11. The van der Waals surface area contributed by atoms with Crippen molar-refractivity contribution < 1.29 is 18.7 Å². The number of esters is 1. The fraction of sp³-hybridized carbons (Fsp3) is 0.417. The summed E-state index contributed by atoms with van der Waals surface area (Å²) < 4.78 is 22.5. The molecule has 4 nitrogen and oxygen atoms in total. The standard InChI is InChI=1S/C12H16FNO3S/c1-16-12(15)11(14)8-18-7-6-17-10-4-2-9(13)3-5-10/h2-5,11H,6-8,14H2,1H3. The lowest BCUT2D eigenvalue weighted by molar-refractivity contribution is -0.141. The molecule has 0 spiro atoms. The van der Waals surface area contributed by atoms with Crippen LogP contribution in [0, 0.1) is 5.82 Å². The Balaban J connectivity index is 2.12. The minimum absolute atomic E-state index is 0.291. The monoisotopic (exact) mass is 273 g/mol. The molecule has 0 fully saturated rings. The Kier molecular flexibility index (Phi) is 6.53. The molecule has 0 aliphatic rings. The number of rotatable bonds is 7. The quantitative estimate of drug-likeness (QED) is 0.601. The Labute approximate surface area is 110 Å². The van der Waals surface area contributed by atoms with E-state index in [1.807, 2.05) is 0 Å². The average Bonchev–Trinajstić information content (AvgIpc) is 2.39. The fourth-order valence-electron chi connectivity index (χ4n) is 1.18. The van der Waals surface area contributed by atoms with Crippen LogP contribution in [0.1, 0.15) is 0 Å². The first kappa shape index (κ1) is 14.8. The van der Waals surface area contributed by atoms with Crippen molar-refractivity contribution in [3.63, 3.8) is 0 Å². The maximum Gasteiger partial charge on any atom is 0.323 e. The van der Waals surface area contributed by atoms with Gasteiger partial charge in [0, 0.05) is 11.5 Å². The van der Waals surface area contributed by atoms with E-state index in [-0.39, 0.29) is 5.82 Å². The van der Waals surface area contributed by atoms with Crippen LogP contribution in [0.3, 0.4) is 0 Å². The van der Waals surface area contributed by atoms with Crippen LogP contribution in [0.15, 0.2) is 24.3 Å². The van der Waals surface area contributed by atoms with Crippen LogP contribution < -0.4 is 10.5 Å². The summed E-state index contributed by atoms with van der Waals surface area (Å²) in [4.78, 5) is 11.0. The number of thioether (sulfide) groups is 1. The molecule has 1 aromatic carbocycles. The van der Waals surface area contributed by atoms with E-state index < -0.39 is 12.0 Å². The second-order valence-corrected chi connectivity index (χ2v) is 4.66. The lowest BCUT2D eigenvalue weighted by atomic mass is 10.3. The van der Waals surface area contributed by atoms with E-state index in [2.05, 4.69) is 4.74 Å². The molecule has 0 radical (unpaired) electrons.